The van der Waals surface area contributed by atoms with Crippen LogP contribution < -0.4 is 15.9 Å². The molecule has 224 valence electrons. The number of hydrogen-bond acceptors (Lipinski definition) is 3. The van der Waals surface area contributed by atoms with Gasteiger partial charge in [-0.3, -0.25) is 0 Å². The van der Waals surface area contributed by atoms with E-state index in [2.05, 4.69) is 91.0 Å². The molecule has 0 fully saturated rings. The Kier molecular flexibility index (Phi) is 6.50. The van der Waals surface area contributed by atoms with Gasteiger partial charge in [0.2, 0.25) is 0 Å². The summed E-state index contributed by atoms with van der Waals surface area (Å²) in [6.07, 6.45) is 0. The molecule has 7 aromatic carbocycles. The summed E-state index contributed by atoms with van der Waals surface area (Å²) in [4.78, 5) is 17.6. The molecule has 0 radical (unpaired) electrons. The Balaban J connectivity index is 1.18. The van der Waals surface area contributed by atoms with E-state index in [0.29, 0.717) is 0 Å². The third-order valence-corrected chi connectivity index (χ3v) is 12.9. The molecule has 0 unspecified atom stereocenters. The van der Waals surface area contributed by atoms with Crippen molar-refractivity contribution in [1.29, 1.82) is 0 Å². The molecule has 0 spiro atoms. The summed E-state index contributed by atoms with van der Waals surface area (Å²) in [6, 6.07) is 58.0. The maximum atomic E-state index is 12.4. The minimum atomic E-state index is -3.18. The van der Waals surface area contributed by atoms with E-state index in [1.54, 1.807) is 0 Å². The molecule has 47 heavy (non-hydrogen) atoms. The Morgan fingerprint density at radius 3 is 1.79 bits per heavy atom. The van der Waals surface area contributed by atoms with Gasteiger partial charge in [-0.15, -0.1) is 0 Å². The number of fused-ring (bicyclic) bond motifs is 7. The second-order valence-electron chi connectivity index (χ2n) is 12.0. The van der Waals surface area contributed by atoms with E-state index in [1.165, 1.54) is 0 Å². The van der Waals surface area contributed by atoms with Crippen LogP contribution in [0.5, 0.6) is 0 Å². The van der Waals surface area contributed by atoms with Gasteiger partial charge in [0.1, 0.15) is 5.58 Å². The maximum absolute atomic E-state index is 12.4. The van der Waals surface area contributed by atoms with E-state index in [1.807, 2.05) is 78.9 Å². The Hall–Kier alpha value is -5.60. The standard InChI is InChI=1S/C43H30NO2P/c45-47(32-14-3-1-4-15-32,33-16-5-2-6-17-33)34-24-22-29(23-25-34)30-12-11-13-31(28-30)42-38-27-26-36-35-18-8-10-21-40(35)46-43(36)41(38)37-19-7-9-20-39(37)44-42/h1-28,45,47H. The van der Waals surface area contributed by atoms with Gasteiger partial charge < -0.3 is 0 Å². The Labute approximate surface area is 272 Å². The number of furan rings is 1. The van der Waals surface area contributed by atoms with E-state index < -0.39 is 7.49 Å². The molecule has 0 aliphatic heterocycles. The molecule has 0 bridgehead atoms. The van der Waals surface area contributed by atoms with Crippen LogP contribution in [0.1, 0.15) is 0 Å². The first-order valence-electron chi connectivity index (χ1n) is 15.9. The zero-order valence-corrected chi connectivity index (χ0v) is 26.5. The Bertz CT molecular complexity index is 2540. The van der Waals surface area contributed by atoms with Gasteiger partial charge in [0, 0.05) is 5.39 Å². The Morgan fingerprint density at radius 2 is 1.04 bits per heavy atom. The van der Waals surface area contributed by atoms with Crippen LogP contribution in [0.15, 0.2) is 174 Å². The number of nitrogens with zero attached hydrogens (tertiary/aromatic N) is 1. The summed E-state index contributed by atoms with van der Waals surface area (Å²) >= 11 is 0. The predicted octanol–water partition coefficient (Wildman–Crippen LogP) is 9.55. The van der Waals surface area contributed by atoms with Crippen molar-refractivity contribution in [3.8, 4) is 22.4 Å². The first kappa shape index (κ1) is 27.7. The molecular formula is C43H30NO2P. The third kappa shape index (κ3) is 4.47. The molecule has 0 saturated carbocycles. The van der Waals surface area contributed by atoms with Gasteiger partial charge in [0.05, 0.1) is 0 Å². The molecule has 9 rings (SSSR count). The van der Waals surface area contributed by atoms with Crippen LogP contribution in [0.25, 0.3) is 66.0 Å². The second-order valence-corrected chi connectivity index (χ2v) is 15.2. The summed E-state index contributed by atoms with van der Waals surface area (Å²) in [7, 11) is -3.18. The fourth-order valence-corrected chi connectivity index (χ4v) is 10.0. The average molecular weight is 624 g/mol. The van der Waals surface area contributed by atoms with Gasteiger partial charge in [0.15, 0.2) is 0 Å². The molecule has 1 N–H and O–H groups in total. The predicted molar refractivity (Wildman–Crippen MR) is 200 cm³/mol. The number of aromatic nitrogens is 1. The van der Waals surface area contributed by atoms with Gasteiger partial charge in [-0.1, -0.05) is 24.3 Å². The third-order valence-electron chi connectivity index (χ3n) is 9.36. The normalized spacial score (nSPS) is 12.3. The molecule has 0 saturated heterocycles. The average Bonchev–Trinajstić information content (AvgIpc) is 3.54. The number of rotatable bonds is 5. The van der Waals surface area contributed by atoms with Crippen LogP contribution in [-0.4, -0.2) is 9.88 Å². The first-order chi connectivity index (χ1) is 23.2. The Morgan fingerprint density at radius 1 is 0.447 bits per heavy atom. The van der Waals surface area contributed by atoms with E-state index >= 15 is 0 Å². The molecule has 3 nitrogen and oxygen atoms in total. The van der Waals surface area contributed by atoms with Crippen molar-refractivity contribution in [1.82, 2.24) is 4.98 Å². The number of pyridine rings is 1. The zero-order valence-electron chi connectivity index (χ0n) is 25.5. The second kappa shape index (κ2) is 11.0. The van der Waals surface area contributed by atoms with Gasteiger partial charge in [-0.05, 0) is 6.07 Å². The molecule has 0 aliphatic rings. The number of benzene rings is 7. The number of hydrogen-bond donors (Lipinski definition) is 1. The van der Waals surface area contributed by atoms with Gasteiger partial charge in [-0.25, -0.2) is 0 Å². The minimum absolute atomic E-state index is 0.886. The van der Waals surface area contributed by atoms with Crippen LogP contribution >= 0.6 is 7.49 Å². The summed E-state index contributed by atoms with van der Waals surface area (Å²) in [5.41, 5.74) is 6.85. The molecule has 2 heterocycles. The van der Waals surface area contributed by atoms with Crippen molar-refractivity contribution < 1.29 is 9.31 Å². The summed E-state index contributed by atoms with van der Waals surface area (Å²) < 4.78 is 6.52. The van der Waals surface area contributed by atoms with Gasteiger partial charge in [0.25, 0.3) is 0 Å². The van der Waals surface area contributed by atoms with Gasteiger partial charge in [-0.2, -0.15) is 0 Å². The van der Waals surface area contributed by atoms with Crippen molar-refractivity contribution in [2.75, 3.05) is 0 Å². The van der Waals surface area contributed by atoms with E-state index in [0.717, 1.165) is 81.9 Å². The molecule has 0 atom stereocenters. The molecular weight excluding hydrogens is 593 g/mol. The van der Waals surface area contributed by atoms with Crippen LogP contribution in [0.2, 0.25) is 0 Å². The van der Waals surface area contributed by atoms with E-state index in [-0.39, 0.29) is 0 Å². The molecule has 0 amide bonds. The van der Waals surface area contributed by atoms with Gasteiger partial charge >= 0.3 is 232 Å². The first-order valence-corrected chi connectivity index (χ1v) is 17.8. The fourth-order valence-electron chi connectivity index (χ4n) is 7.05. The quantitative estimate of drug-likeness (QED) is 0.153. The SMILES string of the molecule is O[PH](c1ccccc1)(c1ccccc1)c1ccc(-c2cccc(-c3nc4ccccc4c4c3ccc3c5ccccc5oc34)c2)cc1. The van der Waals surface area contributed by atoms with Crippen molar-refractivity contribution >= 4 is 67.0 Å². The summed E-state index contributed by atoms with van der Waals surface area (Å²) in [6.45, 7) is 0. The summed E-state index contributed by atoms with van der Waals surface area (Å²) in [5.74, 6) is 0. The summed E-state index contributed by atoms with van der Waals surface area (Å²) in [5, 5.41) is 8.33. The van der Waals surface area contributed by atoms with Crippen LogP contribution in [-0.2, 0) is 0 Å². The van der Waals surface area contributed by atoms with Crippen LogP contribution in [0.3, 0.4) is 0 Å². The molecule has 0 aliphatic carbocycles. The molecule has 2 aromatic heterocycles. The van der Waals surface area contributed by atoms with Crippen molar-refractivity contribution in [2.24, 2.45) is 0 Å². The van der Waals surface area contributed by atoms with E-state index in [9.17, 15) is 4.89 Å². The van der Waals surface area contributed by atoms with E-state index in [4.69, 9.17) is 9.40 Å². The zero-order chi connectivity index (χ0) is 31.4. The number of para-hydroxylation sites is 2. The van der Waals surface area contributed by atoms with Crippen LogP contribution in [0, 0.1) is 0 Å². The topological polar surface area (TPSA) is 46.3 Å². The van der Waals surface area contributed by atoms with Crippen molar-refractivity contribution in [3.05, 3.63) is 170 Å². The van der Waals surface area contributed by atoms with Crippen molar-refractivity contribution in [3.63, 3.8) is 0 Å². The van der Waals surface area contributed by atoms with Crippen LogP contribution in [0.4, 0.5) is 0 Å². The van der Waals surface area contributed by atoms with Crippen molar-refractivity contribution in [2.45, 2.75) is 0 Å². The molecule has 4 heteroatoms. The fraction of sp³-hybridized carbons (Fsp3) is 0. The molecule has 9 aromatic rings. The monoisotopic (exact) mass is 623 g/mol.